The third kappa shape index (κ3) is 2.67. The van der Waals surface area contributed by atoms with Gasteiger partial charge >= 0.3 is 0 Å². The van der Waals surface area contributed by atoms with Crippen LogP contribution in [-0.4, -0.2) is 45.1 Å². The number of amides is 1. The van der Waals surface area contributed by atoms with Crippen LogP contribution in [0.4, 0.5) is 0 Å². The standard InChI is InChI=1S/C15H18N4O3/c1-10-7-16-14(17-10)12-9-22-6-5-19(12)15(21)11-3-4-13(20)18(2)8-11/h3-4,7-8,12H,5-6,9H2,1-2H3,(H,16,17)/t12-/m0/s1. The minimum atomic E-state index is -0.243. The zero-order chi connectivity index (χ0) is 15.7. The molecule has 1 saturated heterocycles. The van der Waals surface area contributed by atoms with Gasteiger partial charge in [-0.2, -0.15) is 0 Å². The van der Waals surface area contributed by atoms with Gasteiger partial charge in [0, 0.05) is 37.7 Å². The molecule has 3 heterocycles. The fraction of sp³-hybridized carbons (Fsp3) is 0.400. The lowest BCUT2D eigenvalue weighted by atomic mass is 10.1. The molecule has 7 heteroatoms. The number of nitrogens with one attached hydrogen (secondary N) is 1. The first-order valence-electron chi connectivity index (χ1n) is 7.13. The van der Waals surface area contributed by atoms with Crippen molar-refractivity contribution in [3.8, 4) is 0 Å². The molecule has 2 aromatic heterocycles. The van der Waals surface area contributed by atoms with Crippen molar-refractivity contribution in [2.75, 3.05) is 19.8 Å². The van der Waals surface area contributed by atoms with Crippen LogP contribution in [0.25, 0.3) is 0 Å². The first-order valence-corrected chi connectivity index (χ1v) is 7.13. The molecule has 0 aliphatic carbocycles. The van der Waals surface area contributed by atoms with E-state index >= 15 is 0 Å². The Hall–Kier alpha value is -2.41. The lowest BCUT2D eigenvalue weighted by Crippen LogP contribution is -2.44. The number of hydrogen-bond donors (Lipinski definition) is 1. The molecule has 0 spiro atoms. The fourth-order valence-corrected chi connectivity index (χ4v) is 2.56. The van der Waals surface area contributed by atoms with Crippen molar-refractivity contribution >= 4 is 5.91 Å². The SMILES string of the molecule is Cc1cnc([C@@H]2COCCN2C(=O)c2ccc(=O)n(C)c2)[nH]1. The average molecular weight is 302 g/mol. The van der Waals surface area contributed by atoms with Crippen LogP contribution in [0.1, 0.15) is 27.9 Å². The van der Waals surface area contributed by atoms with Crippen molar-refractivity contribution in [1.29, 1.82) is 0 Å². The number of H-pyrrole nitrogens is 1. The van der Waals surface area contributed by atoms with Crippen LogP contribution in [0.3, 0.4) is 0 Å². The molecule has 22 heavy (non-hydrogen) atoms. The number of imidazole rings is 1. The smallest absolute Gasteiger partial charge is 0.256 e. The molecule has 1 atom stereocenters. The predicted octanol–water partition coefficient (Wildman–Crippen LogP) is 0.631. The van der Waals surface area contributed by atoms with Crippen LogP contribution in [-0.2, 0) is 11.8 Å². The summed E-state index contributed by atoms with van der Waals surface area (Å²) in [4.78, 5) is 33.4. The van der Waals surface area contributed by atoms with E-state index in [1.54, 1.807) is 30.4 Å². The van der Waals surface area contributed by atoms with E-state index in [1.165, 1.54) is 10.6 Å². The maximum Gasteiger partial charge on any atom is 0.256 e. The van der Waals surface area contributed by atoms with Crippen LogP contribution < -0.4 is 5.56 Å². The highest BCUT2D eigenvalue weighted by Gasteiger charge is 2.31. The van der Waals surface area contributed by atoms with Gasteiger partial charge in [-0.25, -0.2) is 4.98 Å². The Labute approximate surface area is 127 Å². The maximum absolute atomic E-state index is 12.8. The van der Waals surface area contributed by atoms with Crippen molar-refractivity contribution in [1.82, 2.24) is 19.4 Å². The third-order valence-electron chi connectivity index (χ3n) is 3.76. The molecule has 1 fully saturated rings. The van der Waals surface area contributed by atoms with E-state index in [-0.39, 0.29) is 17.5 Å². The average Bonchev–Trinajstić information content (AvgIpc) is 2.96. The number of carbonyl (C=O) groups is 1. The summed E-state index contributed by atoms with van der Waals surface area (Å²) in [7, 11) is 1.63. The summed E-state index contributed by atoms with van der Waals surface area (Å²) in [5.41, 5.74) is 1.28. The number of aryl methyl sites for hydroxylation is 2. The number of carbonyl (C=O) groups excluding carboxylic acids is 1. The highest BCUT2D eigenvalue weighted by molar-refractivity contribution is 5.94. The molecule has 1 N–H and O–H groups in total. The minimum Gasteiger partial charge on any atom is -0.377 e. The van der Waals surface area contributed by atoms with Gasteiger partial charge in [0.25, 0.3) is 5.91 Å². The minimum absolute atomic E-state index is 0.127. The van der Waals surface area contributed by atoms with Gasteiger partial charge < -0.3 is 19.2 Å². The van der Waals surface area contributed by atoms with Gasteiger partial charge in [-0.1, -0.05) is 0 Å². The molecule has 1 aliphatic rings. The zero-order valence-electron chi connectivity index (χ0n) is 12.6. The number of pyridine rings is 1. The second-order valence-corrected chi connectivity index (χ2v) is 5.41. The summed E-state index contributed by atoms with van der Waals surface area (Å²) < 4.78 is 6.90. The Morgan fingerprint density at radius 3 is 2.95 bits per heavy atom. The highest BCUT2D eigenvalue weighted by Crippen LogP contribution is 2.23. The molecule has 3 rings (SSSR count). The Morgan fingerprint density at radius 2 is 2.27 bits per heavy atom. The lowest BCUT2D eigenvalue weighted by molar-refractivity contribution is -0.00505. The first-order chi connectivity index (χ1) is 10.6. The van der Waals surface area contributed by atoms with E-state index in [1.807, 2.05) is 6.92 Å². The van der Waals surface area contributed by atoms with Crippen LogP contribution >= 0.6 is 0 Å². The monoisotopic (exact) mass is 302 g/mol. The summed E-state index contributed by atoms with van der Waals surface area (Å²) in [6.07, 6.45) is 3.30. The molecule has 116 valence electrons. The first kappa shape index (κ1) is 14.5. The summed E-state index contributed by atoms with van der Waals surface area (Å²) >= 11 is 0. The number of nitrogens with zero attached hydrogens (tertiary/aromatic N) is 3. The number of rotatable bonds is 2. The molecule has 0 saturated carbocycles. The topological polar surface area (TPSA) is 80.2 Å². The second-order valence-electron chi connectivity index (χ2n) is 5.41. The largest absolute Gasteiger partial charge is 0.377 e. The molecule has 0 aromatic carbocycles. The molecule has 1 amide bonds. The molecule has 0 radical (unpaired) electrons. The van der Waals surface area contributed by atoms with E-state index in [0.29, 0.717) is 25.3 Å². The van der Waals surface area contributed by atoms with Crippen molar-refractivity contribution in [3.05, 3.63) is 52.0 Å². The van der Waals surface area contributed by atoms with Gasteiger partial charge in [-0.3, -0.25) is 9.59 Å². The number of morpholine rings is 1. The van der Waals surface area contributed by atoms with Crippen molar-refractivity contribution in [2.45, 2.75) is 13.0 Å². The molecule has 0 unspecified atom stereocenters. The Kier molecular flexibility index (Phi) is 3.81. The number of ether oxygens (including phenoxy) is 1. The summed E-state index contributed by atoms with van der Waals surface area (Å²) in [5.74, 6) is 0.591. The maximum atomic E-state index is 12.8. The summed E-state index contributed by atoms with van der Waals surface area (Å²) in [5, 5.41) is 0. The van der Waals surface area contributed by atoms with Crippen LogP contribution in [0, 0.1) is 6.92 Å². The van der Waals surface area contributed by atoms with Crippen LogP contribution in [0.5, 0.6) is 0 Å². The van der Waals surface area contributed by atoms with Gasteiger partial charge in [0.15, 0.2) is 0 Å². The highest BCUT2D eigenvalue weighted by atomic mass is 16.5. The second kappa shape index (κ2) is 5.76. The molecule has 1 aliphatic heterocycles. The van der Waals surface area contributed by atoms with Gasteiger partial charge in [0.1, 0.15) is 11.9 Å². The predicted molar refractivity (Wildman–Crippen MR) is 79.6 cm³/mol. The van der Waals surface area contributed by atoms with Gasteiger partial charge in [0.05, 0.1) is 18.8 Å². The quantitative estimate of drug-likeness (QED) is 0.882. The van der Waals surface area contributed by atoms with Crippen molar-refractivity contribution in [3.63, 3.8) is 0 Å². The number of hydrogen-bond acceptors (Lipinski definition) is 4. The van der Waals surface area contributed by atoms with Crippen LogP contribution in [0.2, 0.25) is 0 Å². The fourth-order valence-electron chi connectivity index (χ4n) is 2.56. The summed E-state index contributed by atoms with van der Waals surface area (Å²) in [6.45, 7) is 3.31. The van der Waals surface area contributed by atoms with E-state index in [2.05, 4.69) is 9.97 Å². The molecule has 7 nitrogen and oxygen atoms in total. The molecular formula is C15H18N4O3. The van der Waals surface area contributed by atoms with Gasteiger partial charge in [-0.15, -0.1) is 0 Å². The Bertz CT molecular complexity index is 749. The van der Waals surface area contributed by atoms with Gasteiger partial charge in [0.2, 0.25) is 5.56 Å². The Balaban J connectivity index is 1.91. The van der Waals surface area contributed by atoms with E-state index in [0.717, 1.165) is 11.5 Å². The summed E-state index contributed by atoms with van der Waals surface area (Å²) in [6, 6.07) is 2.72. The van der Waals surface area contributed by atoms with E-state index in [4.69, 9.17) is 4.74 Å². The molecule has 0 bridgehead atoms. The Morgan fingerprint density at radius 1 is 1.45 bits per heavy atom. The van der Waals surface area contributed by atoms with Crippen LogP contribution in [0.15, 0.2) is 29.3 Å². The number of aromatic nitrogens is 3. The van der Waals surface area contributed by atoms with E-state index < -0.39 is 0 Å². The van der Waals surface area contributed by atoms with Gasteiger partial charge in [-0.05, 0) is 13.0 Å². The lowest BCUT2D eigenvalue weighted by Gasteiger charge is -2.34. The molecular weight excluding hydrogens is 284 g/mol. The zero-order valence-corrected chi connectivity index (χ0v) is 12.6. The third-order valence-corrected chi connectivity index (χ3v) is 3.76. The molecule has 2 aromatic rings. The van der Waals surface area contributed by atoms with Crippen molar-refractivity contribution in [2.24, 2.45) is 7.05 Å². The normalized spacial score (nSPS) is 18.5. The van der Waals surface area contributed by atoms with Crippen molar-refractivity contribution < 1.29 is 9.53 Å². The van der Waals surface area contributed by atoms with E-state index in [9.17, 15) is 9.59 Å². The number of aromatic amines is 1.